The Labute approximate surface area is 223 Å². The molecule has 0 spiro atoms. The van der Waals surface area contributed by atoms with Crippen molar-refractivity contribution in [3.63, 3.8) is 0 Å². The van der Waals surface area contributed by atoms with Crippen LogP contribution in [-0.2, 0) is 14.3 Å². The van der Waals surface area contributed by atoms with Crippen LogP contribution in [0.2, 0.25) is 5.02 Å². The van der Waals surface area contributed by atoms with E-state index in [4.69, 9.17) is 21.1 Å². The molecule has 1 aromatic carbocycles. The summed E-state index contributed by atoms with van der Waals surface area (Å²) in [4.78, 5) is 26.6. The van der Waals surface area contributed by atoms with Crippen molar-refractivity contribution in [2.75, 3.05) is 6.61 Å². The van der Waals surface area contributed by atoms with Crippen LogP contribution in [0.4, 0.5) is 0 Å². The molecule has 6 N–H and O–H groups in total. The fourth-order valence-electron chi connectivity index (χ4n) is 3.61. The van der Waals surface area contributed by atoms with Crippen LogP contribution in [0, 0.1) is 0 Å². The molecule has 11 nitrogen and oxygen atoms in total. The molecule has 2 heterocycles. The molecule has 0 radical (unpaired) electrons. The van der Waals surface area contributed by atoms with Gasteiger partial charge in [-0.1, -0.05) is 11.6 Å². The van der Waals surface area contributed by atoms with Gasteiger partial charge in [-0.2, -0.15) is 0 Å². The topological polar surface area (TPSA) is 184 Å². The molecule has 14 heteroatoms. The van der Waals surface area contributed by atoms with Crippen LogP contribution in [0.5, 0.6) is 5.75 Å². The number of aliphatic carboxylic acids is 1. The van der Waals surface area contributed by atoms with E-state index in [1.54, 1.807) is 12.1 Å². The smallest absolute Gasteiger partial charge is 0.543 e. The molecule has 1 aromatic heterocycles. The first kappa shape index (κ1) is 28.3. The van der Waals surface area contributed by atoms with E-state index in [2.05, 4.69) is 26.2 Å². The van der Waals surface area contributed by atoms with Crippen molar-refractivity contribution < 1.29 is 74.2 Å². The quantitative estimate of drug-likeness (QED) is 0.183. The predicted octanol–water partition coefficient (Wildman–Crippen LogP) is -4.22. The van der Waals surface area contributed by atoms with Gasteiger partial charge in [-0.25, -0.2) is 0 Å². The van der Waals surface area contributed by atoms with Gasteiger partial charge in [0, 0.05) is 24.0 Å². The van der Waals surface area contributed by atoms with Gasteiger partial charge in [0.15, 0.2) is 0 Å². The number of carbonyl (C=O) groups is 2. The molecular formula is C19H21BrClN2NaO9. The molecule has 0 bridgehead atoms. The molecule has 3 rings (SSSR count). The summed E-state index contributed by atoms with van der Waals surface area (Å²) >= 11 is 9.58. The fraction of sp³-hybridized carbons (Fsp3) is 0.474. The van der Waals surface area contributed by atoms with E-state index in [-0.39, 0.29) is 40.3 Å². The van der Waals surface area contributed by atoms with Crippen LogP contribution in [0.25, 0.3) is 10.9 Å². The standard InChI is InChI=1S/C19H22BrClN2O9.Na/c1-7(25)23-15-10(26)4-19(18(29)30,32-17(15)16(28)11(27)6-24)31-12-5-22-9-3-2-8(20)14(21)13(9)12;/h2-3,5,10-11,15-17,22,24,26-28H,4,6H2,1H3,(H,23,25)(H,29,30);/q;+1/p-1/t10?,11-,15?,16-,17?,19?;/m0./s1. The number of carboxylic acid groups (broad SMARTS) is 1. The number of carbonyl (C=O) groups excluding carboxylic acids is 2. The van der Waals surface area contributed by atoms with Gasteiger partial charge in [-0.3, -0.25) is 4.79 Å². The van der Waals surface area contributed by atoms with Gasteiger partial charge in [-0.15, -0.1) is 0 Å². The number of rotatable bonds is 7. The van der Waals surface area contributed by atoms with Crippen molar-refractivity contribution in [1.82, 2.24) is 10.3 Å². The number of aliphatic hydroxyl groups is 4. The van der Waals surface area contributed by atoms with Crippen molar-refractivity contribution in [1.29, 1.82) is 0 Å². The summed E-state index contributed by atoms with van der Waals surface area (Å²) in [5.41, 5.74) is 0.515. The number of aromatic amines is 1. The first-order valence-corrected chi connectivity index (χ1v) is 10.6. The minimum absolute atomic E-state index is 0. The summed E-state index contributed by atoms with van der Waals surface area (Å²) in [5.74, 6) is -5.16. The van der Waals surface area contributed by atoms with Gasteiger partial charge in [0.2, 0.25) is 5.91 Å². The summed E-state index contributed by atoms with van der Waals surface area (Å²) in [6.07, 6.45) is -6.30. The van der Waals surface area contributed by atoms with Crippen LogP contribution < -0.4 is 44.7 Å². The van der Waals surface area contributed by atoms with Crippen LogP contribution >= 0.6 is 27.5 Å². The van der Waals surface area contributed by atoms with E-state index >= 15 is 0 Å². The van der Waals surface area contributed by atoms with Crippen molar-refractivity contribution >= 4 is 50.3 Å². The number of ether oxygens (including phenoxy) is 2. The fourth-order valence-corrected chi connectivity index (χ4v) is 4.20. The number of halogens is 2. The Balaban J connectivity index is 0.00000385. The van der Waals surface area contributed by atoms with Crippen LogP contribution in [0.1, 0.15) is 13.3 Å². The summed E-state index contributed by atoms with van der Waals surface area (Å²) in [6.45, 7) is 0.247. The van der Waals surface area contributed by atoms with Crippen molar-refractivity contribution in [2.24, 2.45) is 0 Å². The van der Waals surface area contributed by atoms with Crippen LogP contribution in [0.15, 0.2) is 22.8 Å². The molecule has 4 unspecified atom stereocenters. The number of carboxylic acids is 1. The molecule has 1 amide bonds. The molecule has 1 saturated heterocycles. The molecule has 33 heavy (non-hydrogen) atoms. The van der Waals surface area contributed by atoms with Gasteiger partial charge in [0.25, 0.3) is 5.79 Å². The van der Waals surface area contributed by atoms with Crippen molar-refractivity contribution in [2.45, 2.75) is 49.6 Å². The number of hydrogen-bond acceptors (Lipinski definition) is 9. The molecule has 1 aliphatic rings. The zero-order chi connectivity index (χ0) is 23.8. The molecule has 1 aliphatic heterocycles. The maximum atomic E-state index is 12.2. The molecule has 2 aromatic rings. The van der Waals surface area contributed by atoms with E-state index in [9.17, 15) is 35.1 Å². The van der Waals surface area contributed by atoms with E-state index in [1.807, 2.05) is 0 Å². The van der Waals surface area contributed by atoms with Crippen molar-refractivity contribution in [3.05, 3.63) is 27.8 Å². The third-order valence-electron chi connectivity index (χ3n) is 5.15. The Morgan fingerprint density at radius 3 is 2.70 bits per heavy atom. The molecule has 6 atom stereocenters. The number of fused-ring (bicyclic) bond motifs is 1. The molecular weight excluding hydrogens is 539 g/mol. The summed E-state index contributed by atoms with van der Waals surface area (Å²) in [6, 6.07) is 2.01. The van der Waals surface area contributed by atoms with E-state index in [0.29, 0.717) is 15.4 Å². The molecule has 1 fully saturated rings. The average Bonchev–Trinajstić information content (AvgIpc) is 3.14. The van der Waals surface area contributed by atoms with Crippen LogP contribution in [0.3, 0.4) is 0 Å². The minimum atomic E-state index is -2.63. The first-order valence-electron chi connectivity index (χ1n) is 9.46. The van der Waals surface area contributed by atoms with Gasteiger partial charge in [-0.05, 0) is 28.1 Å². The Kier molecular flexibility index (Phi) is 9.61. The van der Waals surface area contributed by atoms with Gasteiger partial charge in [0.1, 0.15) is 30.0 Å². The van der Waals surface area contributed by atoms with E-state index < -0.39 is 61.1 Å². The largest absolute Gasteiger partial charge is 1.00 e. The average molecular weight is 560 g/mol. The zero-order valence-corrected chi connectivity index (χ0v) is 22.0. The molecule has 0 saturated carbocycles. The van der Waals surface area contributed by atoms with E-state index in [0.717, 1.165) is 6.92 Å². The normalized spacial score (nSPS) is 26.8. The van der Waals surface area contributed by atoms with Crippen molar-refractivity contribution in [3.8, 4) is 5.75 Å². The Bertz CT molecular complexity index is 1020. The second-order valence-corrected chi connectivity index (χ2v) is 8.63. The first-order chi connectivity index (χ1) is 15.0. The van der Waals surface area contributed by atoms with E-state index in [1.165, 1.54) is 6.20 Å². The number of H-pyrrole nitrogens is 1. The summed E-state index contributed by atoms with van der Waals surface area (Å²) in [7, 11) is 0. The Hall–Kier alpha value is -0.930. The SMILES string of the molecule is CC(=O)NC1C(O)CC(Oc2c[nH]c3ccc(Br)c(Cl)c23)(C(=O)[O-])OC1[C@@H](O)[C@@H](O)CO.[Na+]. The number of benzene rings is 1. The predicted molar refractivity (Wildman–Crippen MR) is 112 cm³/mol. The third-order valence-corrected chi connectivity index (χ3v) is 6.43. The van der Waals surface area contributed by atoms with Gasteiger partial charge >= 0.3 is 29.6 Å². The Morgan fingerprint density at radius 2 is 2.12 bits per heavy atom. The summed E-state index contributed by atoms with van der Waals surface area (Å²) in [5, 5.41) is 55.2. The number of nitrogens with one attached hydrogen (secondary N) is 2. The second kappa shape index (κ2) is 11.2. The number of hydrogen-bond donors (Lipinski definition) is 6. The number of aliphatic hydroxyl groups excluding tert-OH is 4. The minimum Gasteiger partial charge on any atom is -0.543 e. The second-order valence-electron chi connectivity index (χ2n) is 7.40. The number of amides is 1. The monoisotopic (exact) mass is 558 g/mol. The maximum Gasteiger partial charge on any atom is 1.00 e. The zero-order valence-electron chi connectivity index (χ0n) is 17.6. The van der Waals surface area contributed by atoms with Gasteiger partial charge in [0.05, 0.1) is 34.7 Å². The molecule has 176 valence electrons. The van der Waals surface area contributed by atoms with Gasteiger partial charge < -0.3 is 50.1 Å². The maximum absolute atomic E-state index is 12.2. The Morgan fingerprint density at radius 1 is 1.45 bits per heavy atom. The molecule has 0 aliphatic carbocycles. The van der Waals surface area contributed by atoms with Crippen LogP contribution in [-0.4, -0.2) is 80.1 Å². The third kappa shape index (κ3) is 5.67. The number of aromatic nitrogens is 1. The summed E-state index contributed by atoms with van der Waals surface area (Å²) < 4.78 is 11.7.